The Morgan fingerprint density at radius 1 is 1.06 bits per heavy atom. The number of rotatable bonds is 8. The summed E-state index contributed by atoms with van der Waals surface area (Å²) in [6, 6.07) is 15.6. The topological polar surface area (TPSA) is 85.8 Å². The number of nitrogens with zero attached hydrogens (tertiary/aromatic N) is 2. The van der Waals surface area contributed by atoms with Gasteiger partial charge in [0.05, 0.1) is 6.54 Å². The maximum atomic E-state index is 12.5. The van der Waals surface area contributed by atoms with Crippen molar-refractivity contribution >= 4 is 47.4 Å². The molecule has 0 bridgehead atoms. The molecule has 2 aromatic carbocycles. The Kier molecular flexibility index (Phi) is 10.6. The van der Waals surface area contributed by atoms with Crippen molar-refractivity contribution in [3.63, 3.8) is 0 Å². The predicted molar refractivity (Wildman–Crippen MR) is 144 cm³/mol. The molecule has 3 rings (SSSR count). The second-order valence-corrected chi connectivity index (χ2v) is 7.79. The first kappa shape index (κ1) is 26.6. The monoisotopic (exact) mass is 563 g/mol. The van der Waals surface area contributed by atoms with Crippen molar-refractivity contribution in [2.24, 2.45) is 4.99 Å². The molecule has 0 aromatic heterocycles. The first-order chi connectivity index (χ1) is 15.5. The molecule has 2 amide bonds. The van der Waals surface area contributed by atoms with Gasteiger partial charge in [-0.05, 0) is 50.1 Å². The molecular formula is C25H34IN5O2. The summed E-state index contributed by atoms with van der Waals surface area (Å²) in [7, 11) is 0. The highest BCUT2D eigenvalue weighted by atomic mass is 127. The van der Waals surface area contributed by atoms with Gasteiger partial charge in [-0.3, -0.25) is 9.59 Å². The van der Waals surface area contributed by atoms with E-state index in [-0.39, 0.29) is 41.7 Å². The zero-order valence-corrected chi connectivity index (χ0v) is 21.9. The number of hydrogen-bond donors (Lipinski definition) is 3. The fourth-order valence-corrected chi connectivity index (χ4v) is 3.86. The summed E-state index contributed by atoms with van der Waals surface area (Å²) >= 11 is 0. The number of halogens is 1. The molecule has 1 atom stereocenters. The van der Waals surface area contributed by atoms with Crippen molar-refractivity contribution in [2.45, 2.75) is 39.7 Å². The maximum absolute atomic E-state index is 12.5. The van der Waals surface area contributed by atoms with Gasteiger partial charge in [0.15, 0.2) is 5.96 Å². The van der Waals surface area contributed by atoms with Crippen molar-refractivity contribution in [3.05, 3.63) is 65.2 Å². The lowest BCUT2D eigenvalue weighted by atomic mass is 9.90. The minimum absolute atomic E-state index is 0. The minimum atomic E-state index is 0. The van der Waals surface area contributed by atoms with Gasteiger partial charge in [0.1, 0.15) is 0 Å². The Labute approximate surface area is 213 Å². The van der Waals surface area contributed by atoms with E-state index in [2.05, 4.69) is 27.0 Å². The zero-order valence-electron chi connectivity index (χ0n) is 19.6. The van der Waals surface area contributed by atoms with Crippen LogP contribution in [-0.4, -0.2) is 48.9 Å². The molecule has 8 heteroatoms. The molecule has 1 heterocycles. The van der Waals surface area contributed by atoms with E-state index < -0.39 is 0 Å². The van der Waals surface area contributed by atoms with E-state index >= 15 is 0 Å². The smallest absolute Gasteiger partial charge is 0.253 e. The number of anilines is 1. The van der Waals surface area contributed by atoms with E-state index in [1.54, 1.807) is 0 Å². The van der Waals surface area contributed by atoms with Crippen LogP contribution < -0.4 is 16.0 Å². The number of amides is 2. The largest absolute Gasteiger partial charge is 0.357 e. The molecule has 2 aromatic rings. The Bertz CT molecular complexity index is 958. The van der Waals surface area contributed by atoms with Crippen LogP contribution in [0.2, 0.25) is 0 Å². The van der Waals surface area contributed by atoms with Gasteiger partial charge in [0.2, 0.25) is 5.91 Å². The van der Waals surface area contributed by atoms with Crippen molar-refractivity contribution in [3.8, 4) is 0 Å². The summed E-state index contributed by atoms with van der Waals surface area (Å²) in [6.07, 6.45) is 0.450. The number of benzene rings is 2. The number of carbonyl (C=O) groups excluding carboxylic acids is 2. The van der Waals surface area contributed by atoms with Gasteiger partial charge in [0, 0.05) is 49.8 Å². The minimum Gasteiger partial charge on any atom is -0.357 e. The molecule has 3 N–H and O–H groups in total. The average Bonchev–Trinajstić information content (AvgIpc) is 2.81. The number of nitrogens with one attached hydrogen (secondary N) is 3. The van der Waals surface area contributed by atoms with Crippen LogP contribution in [0.5, 0.6) is 0 Å². The molecule has 0 saturated heterocycles. The highest BCUT2D eigenvalue weighted by Gasteiger charge is 2.24. The maximum Gasteiger partial charge on any atom is 0.253 e. The molecule has 1 aliphatic rings. The Balaban J connectivity index is 0.00000385. The normalized spacial score (nSPS) is 15.1. The standard InChI is InChI=1S/C25H33N5O2.HI/c1-4-26-25(28-17-20-15-23(31)29-22-10-8-7-9-21(20)22)27-16-18-11-13-19(14-12-18)24(32)30(5-2)6-3;/h7-14,20H,4-6,15-17H2,1-3H3,(H,29,31)(H2,26,27,28);1H. The number of para-hydroxylation sites is 1. The summed E-state index contributed by atoms with van der Waals surface area (Å²) in [5, 5.41) is 9.58. The summed E-state index contributed by atoms with van der Waals surface area (Å²) < 4.78 is 0. The third-order valence-electron chi connectivity index (χ3n) is 5.64. The average molecular weight is 563 g/mol. The number of fused-ring (bicyclic) bond motifs is 1. The Hall–Kier alpha value is -2.62. The SMILES string of the molecule is CCNC(=NCc1ccc(C(=O)N(CC)CC)cc1)NCC1CC(=O)Nc2ccccc21.I. The molecule has 0 radical (unpaired) electrons. The fraction of sp³-hybridized carbons (Fsp3) is 0.400. The lowest BCUT2D eigenvalue weighted by Gasteiger charge is -2.26. The zero-order chi connectivity index (χ0) is 22.9. The predicted octanol–water partition coefficient (Wildman–Crippen LogP) is 3.97. The van der Waals surface area contributed by atoms with Gasteiger partial charge in [-0.25, -0.2) is 4.99 Å². The molecule has 7 nitrogen and oxygen atoms in total. The highest BCUT2D eigenvalue weighted by molar-refractivity contribution is 14.0. The van der Waals surface area contributed by atoms with Crippen LogP contribution >= 0.6 is 24.0 Å². The lowest BCUT2D eigenvalue weighted by molar-refractivity contribution is -0.116. The van der Waals surface area contributed by atoms with Gasteiger partial charge in [-0.1, -0.05) is 30.3 Å². The van der Waals surface area contributed by atoms with Crippen LogP contribution in [0.25, 0.3) is 0 Å². The first-order valence-electron chi connectivity index (χ1n) is 11.3. The van der Waals surface area contributed by atoms with Gasteiger partial charge in [-0.15, -0.1) is 24.0 Å². The van der Waals surface area contributed by atoms with Crippen molar-refractivity contribution < 1.29 is 9.59 Å². The van der Waals surface area contributed by atoms with E-state index in [1.165, 1.54) is 0 Å². The molecular weight excluding hydrogens is 529 g/mol. The Morgan fingerprint density at radius 2 is 1.76 bits per heavy atom. The summed E-state index contributed by atoms with van der Waals surface area (Å²) in [5.41, 5.74) is 3.75. The molecule has 33 heavy (non-hydrogen) atoms. The fourth-order valence-electron chi connectivity index (χ4n) is 3.86. The second-order valence-electron chi connectivity index (χ2n) is 7.79. The van der Waals surface area contributed by atoms with Gasteiger partial charge in [-0.2, -0.15) is 0 Å². The molecule has 1 aliphatic heterocycles. The van der Waals surface area contributed by atoms with E-state index in [1.807, 2.05) is 68.1 Å². The molecule has 178 valence electrons. The van der Waals surface area contributed by atoms with Crippen LogP contribution in [0.3, 0.4) is 0 Å². The molecule has 0 spiro atoms. The Morgan fingerprint density at radius 3 is 2.42 bits per heavy atom. The van der Waals surface area contributed by atoms with Crippen LogP contribution in [-0.2, 0) is 11.3 Å². The van der Waals surface area contributed by atoms with Gasteiger partial charge in [0.25, 0.3) is 5.91 Å². The highest BCUT2D eigenvalue weighted by Crippen LogP contribution is 2.31. The van der Waals surface area contributed by atoms with E-state index in [4.69, 9.17) is 0 Å². The van der Waals surface area contributed by atoms with E-state index in [0.717, 1.165) is 23.4 Å². The third kappa shape index (κ3) is 7.18. The lowest BCUT2D eigenvalue weighted by Crippen LogP contribution is -2.40. The molecule has 0 aliphatic carbocycles. The quantitative estimate of drug-likeness (QED) is 0.258. The van der Waals surface area contributed by atoms with Crippen LogP contribution in [0.1, 0.15) is 54.6 Å². The number of aliphatic imine (C=N–C) groups is 1. The van der Waals surface area contributed by atoms with Crippen LogP contribution in [0.15, 0.2) is 53.5 Å². The van der Waals surface area contributed by atoms with E-state index in [0.29, 0.717) is 44.1 Å². The number of carbonyl (C=O) groups is 2. The summed E-state index contributed by atoms with van der Waals surface area (Å²) in [4.78, 5) is 31.0. The molecule has 0 saturated carbocycles. The van der Waals surface area contributed by atoms with Crippen LogP contribution in [0.4, 0.5) is 5.69 Å². The molecule has 0 fully saturated rings. The second kappa shape index (κ2) is 13.2. The third-order valence-corrected chi connectivity index (χ3v) is 5.64. The van der Waals surface area contributed by atoms with Crippen molar-refractivity contribution in [2.75, 3.05) is 31.5 Å². The van der Waals surface area contributed by atoms with Gasteiger partial charge >= 0.3 is 0 Å². The van der Waals surface area contributed by atoms with Crippen molar-refractivity contribution in [1.29, 1.82) is 0 Å². The van der Waals surface area contributed by atoms with Crippen molar-refractivity contribution in [1.82, 2.24) is 15.5 Å². The summed E-state index contributed by atoms with van der Waals surface area (Å²) in [6.45, 7) is 9.25. The van der Waals surface area contributed by atoms with Gasteiger partial charge < -0.3 is 20.9 Å². The number of guanidine groups is 1. The first-order valence-corrected chi connectivity index (χ1v) is 11.3. The summed E-state index contributed by atoms with van der Waals surface area (Å²) in [5.74, 6) is 0.891. The number of hydrogen-bond acceptors (Lipinski definition) is 3. The molecule has 1 unspecified atom stereocenters. The van der Waals surface area contributed by atoms with E-state index in [9.17, 15) is 9.59 Å². The van der Waals surface area contributed by atoms with Crippen LogP contribution in [0, 0.1) is 0 Å².